The van der Waals surface area contributed by atoms with E-state index in [1.54, 1.807) is 24.3 Å². The van der Waals surface area contributed by atoms with Crippen LogP contribution in [0.1, 0.15) is 12.0 Å². The molecule has 5 nitrogen and oxygen atoms in total. The maximum Gasteiger partial charge on any atom is 0.179 e. The summed E-state index contributed by atoms with van der Waals surface area (Å²) in [6.07, 6.45) is 4.14. The molecule has 0 N–H and O–H groups in total. The molecule has 2 aromatic carbocycles. The minimum Gasteiger partial charge on any atom is -0.301 e. The normalized spacial score (nSPS) is 16.1. The molecule has 0 saturated carbocycles. The first kappa shape index (κ1) is 21.0. The summed E-state index contributed by atoms with van der Waals surface area (Å²) in [6, 6.07) is 19.2. The molecule has 158 valence electrons. The number of pyridine rings is 1. The van der Waals surface area contributed by atoms with Crippen molar-refractivity contribution in [3.8, 4) is 0 Å². The molecule has 0 bridgehead atoms. The van der Waals surface area contributed by atoms with Gasteiger partial charge >= 0.3 is 0 Å². The number of fused-ring (bicyclic) bond motifs is 1. The van der Waals surface area contributed by atoms with Crippen LogP contribution in [0.2, 0.25) is 0 Å². The van der Waals surface area contributed by atoms with Gasteiger partial charge in [0.1, 0.15) is 0 Å². The predicted octanol–water partition coefficient (Wildman–Crippen LogP) is 3.26. The number of hydrogen-bond donors (Lipinski definition) is 0. The fourth-order valence-electron chi connectivity index (χ4n) is 3.99. The van der Waals surface area contributed by atoms with Crippen molar-refractivity contribution in [2.45, 2.75) is 17.7 Å². The van der Waals surface area contributed by atoms with Crippen molar-refractivity contribution in [1.29, 1.82) is 0 Å². The van der Waals surface area contributed by atoms with Crippen molar-refractivity contribution in [3.05, 3.63) is 72.4 Å². The molecule has 4 rings (SSSR count). The van der Waals surface area contributed by atoms with Crippen molar-refractivity contribution in [2.75, 3.05) is 45.0 Å². The Bertz CT molecular complexity index is 1060. The number of nitrogens with zero attached hydrogens (tertiary/aromatic N) is 3. The summed E-state index contributed by atoms with van der Waals surface area (Å²) in [5, 5.41) is 1.20. The van der Waals surface area contributed by atoms with Gasteiger partial charge in [0.05, 0.1) is 16.2 Å². The van der Waals surface area contributed by atoms with Gasteiger partial charge < -0.3 is 4.90 Å². The number of aromatic nitrogens is 1. The Balaban J connectivity index is 1.18. The number of benzene rings is 2. The van der Waals surface area contributed by atoms with E-state index in [1.165, 1.54) is 10.9 Å². The van der Waals surface area contributed by atoms with Crippen LogP contribution in [0.25, 0.3) is 10.9 Å². The van der Waals surface area contributed by atoms with E-state index in [0.29, 0.717) is 11.4 Å². The first-order valence-electron chi connectivity index (χ1n) is 10.7. The lowest BCUT2D eigenvalue weighted by molar-refractivity contribution is 0.137. The number of para-hydroxylation sites is 1. The Hall–Kier alpha value is -2.28. The molecule has 2 heterocycles. The van der Waals surface area contributed by atoms with Gasteiger partial charge in [-0.05, 0) is 49.2 Å². The summed E-state index contributed by atoms with van der Waals surface area (Å²) in [5.74, 6) is 0.186. The molecule has 0 unspecified atom stereocenters. The van der Waals surface area contributed by atoms with Gasteiger partial charge in [0.2, 0.25) is 0 Å². The van der Waals surface area contributed by atoms with Crippen LogP contribution in [0.4, 0.5) is 0 Å². The Morgan fingerprint density at radius 3 is 2.27 bits per heavy atom. The molecule has 0 amide bonds. The topological polar surface area (TPSA) is 53.5 Å². The van der Waals surface area contributed by atoms with E-state index in [2.05, 4.69) is 33.0 Å². The molecule has 0 radical (unpaired) electrons. The monoisotopic (exact) mass is 423 g/mol. The maximum absolute atomic E-state index is 12.5. The lowest BCUT2D eigenvalue weighted by atomic mass is 10.1. The van der Waals surface area contributed by atoms with E-state index in [9.17, 15) is 8.42 Å². The second-order valence-corrected chi connectivity index (χ2v) is 10.1. The first-order valence-corrected chi connectivity index (χ1v) is 12.3. The lowest BCUT2D eigenvalue weighted by Gasteiger charge is -2.34. The zero-order valence-electron chi connectivity index (χ0n) is 17.3. The second-order valence-electron chi connectivity index (χ2n) is 7.96. The summed E-state index contributed by atoms with van der Waals surface area (Å²) in [5.41, 5.74) is 2.34. The van der Waals surface area contributed by atoms with E-state index in [-0.39, 0.29) is 5.75 Å². The summed E-state index contributed by atoms with van der Waals surface area (Å²) in [7, 11) is -3.19. The van der Waals surface area contributed by atoms with Crippen LogP contribution >= 0.6 is 0 Å². The molecule has 1 fully saturated rings. The van der Waals surface area contributed by atoms with Crippen LogP contribution in [0.15, 0.2) is 71.8 Å². The molecule has 0 spiro atoms. The second kappa shape index (κ2) is 9.69. The molecule has 0 aliphatic carbocycles. The molecule has 3 aromatic rings. The summed E-state index contributed by atoms with van der Waals surface area (Å²) >= 11 is 0. The molecular formula is C24H29N3O2S. The number of piperazine rings is 1. The molecule has 30 heavy (non-hydrogen) atoms. The zero-order valence-corrected chi connectivity index (χ0v) is 18.1. The highest BCUT2D eigenvalue weighted by atomic mass is 32.2. The standard InChI is InChI=1S/C24H29N3O2S/c28-30(29,23-9-2-1-3-10-23)18-17-27-15-13-26(14-16-27)12-6-7-21-19-22-8-4-5-11-24(22)25-20-21/h1-5,8-11,19-20H,6-7,12-18H2. The largest absolute Gasteiger partial charge is 0.301 e. The highest BCUT2D eigenvalue weighted by Crippen LogP contribution is 2.15. The summed E-state index contributed by atoms with van der Waals surface area (Å²) < 4.78 is 24.9. The Kier molecular flexibility index (Phi) is 6.77. The lowest BCUT2D eigenvalue weighted by Crippen LogP contribution is -2.47. The maximum atomic E-state index is 12.5. The van der Waals surface area contributed by atoms with Gasteiger partial charge in [-0.15, -0.1) is 0 Å². The molecule has 1 aliphatic rings. The van der Waals surface area contributed by atoms with Crippen LogP contribution in [0.3, 0.4) is 0 Å². The van der Waals surface area contributed by atoms with Crippen molar-refractivity contribution in [1.82, 2.24) is 14.8 Å². The third-order valence-electron chi connectivity index (χ3n) is 5.83. The molecule has 6 heteroatoms. The minimum atomic E-state index is -3.19. The third kappa shape index (κ3) is 5.45. The first-order chi connectivity index (χ1) is 14.6. The summed E-state index contributed by atoms with van der Waals surface area (Å²) in [6.45, 7) is 5.54. The van der Waals surface area contributed by atoms with Gasteiger partial charge in [-0.25, -0.2) is 8.42 Å². The van der Waals surface area contributed by atoms with E-state index in [0.717, 1.165) is 51.1 Å². The number of hydrogen-bond acceptors (Lipinski definition) is 5. The van der Waals surface area contributed by atoms with Crippen LogP contribution in [-0.2, 0) is 16.3 Å². The Labute approximate surface area is 179 Å². The minimum absolute atomic E-state index is 0.186. The van der Waals surface area contributed by atoms with Gasteiger partial charge in [0.15, 0.2) is 9.84 Å². The average molecular weight is 424 g/mol. The molecule has 1 aliphatic heterocycles. The number of rotatable bonds is 8. The van der Waals surface area contributed by atoms with Crippen LogP contribution in [0.5, 0.6) is 0 Å². The van der Waals surface area contributed by atoms with E-state index in [4.69, 9.17) is 0 Å². The molecule has 1 saturated heterocycles. The molecule has 0 atom stereocenters. The van der Waals surface area contributed by atoms with Gasteiger partial charge in [-0.1, -0.05) is 36.4 Å². The van der Waals surface area contributed by atoms with Crippen molar-refractivity contribution in [2.24, 2.45) is 0 Å². The van der Waals surface area contributed by atoms with Crippen molar-refractivity contribution in [3.63, 3.8) is 0 Å². The summed E-state index contributed by atoms with van der Waals surface area (Å²) in [4.78, 5) is 9.72. The Morgan fingerprint density at radius 2 is 1.50 bits per heavy atom. The SMILES string of the molecule is O=S(=O)(CCN1CCN(CCCc2cnc3ccccc3c2)CC1)c1ccccc1. The van der Waals surface area contributed by atoms with E-state index < -0.39 is 9.84 Å². The van der Waals surface area contributed by atoms with Gasteiger partial charge in [0, 0.05) is 44.3 Å². The third-order valence-corrected chi connectivity index (χ3v) is 7.54. The molecule has 1 aromatic heterocycles. The van der Waals surface area contributed by atoms with Crippen LogP contribution < -0.4 is 0 Å². The van der Waals surface area contributed by atoms with Gasteiger partial charge in [-0.2, -0.15) is 0 Å². The highest BCUT2D eigenvalue weighted by molar-refractivity contribution is 7.91. The van der Waals surface area contributed by atoms with Crippen LogP contribution in [-0.4, -0.2) is 68.2 Å². The van der Waals surface area contributed by atoms with Crippen molar-refractivity contribution >= 4 is 20.7 Å². The number of sulfone groups is 1. The van der Waals surface area contributed by atoms with Gasteiger partial charge in [-0.3, -0.25) is 9.88 Å². The quantitative estimate of drug-likeness (QED) is 0.557. The molecular weight excluding hydrogens is 394 g/mol. The van der Waals surface area contributed by atoms with E-state index in [1.807, 2.05) is 24.4 Å². The smallest absolute Gasteiger partial charge is 0.179 e. The zero-order chi connectivity index (χ0) is 20.8. The number of aryl methyl sites for hydroxylation is 1. The fraction of sp³-hybridized carbons (Fsp3) is 0.375. The Morgan fingerprint density at radius 1 is 0.833 bits per heavy atom. The average Bonchev–Trinajstić information content (AvgIpc) is 2.79. The van der Waals surface area contributed by atoms with E-state index >= 15 is 0 Å². The fourth-order valence-corrected chi connectivity index (χ4v) is 5.30. The van der Waals surface area contributed by atoms with Crippen molar-refractivity contribution < 1.29 is 8.42 Å². The van der Waals surface area contributed by atoms with Crippen LogP contribution in [0, 0.1) is 0 Å². The highest BCUT2D eigenvalue weighted by Gasteiger charge is 2.20. The predicted molar refractivity (Wildman–Crippen MR) is 121 cm³/mol. The van der Waals surface area contributed by atoms with Gasteiger partial charge in [0.25, 0.3) is 0 Å².